The Morgan fingerprint density at radius 1 is 1.03 bits per heavy atom. The first kappa shape index (κ1) is 18.8. The Labute approximate surface area is 169 Å². The largest absolute Gasteiger partial charge is 0.347 e. The molecule has 0 atom stereocenters. The minimum atomic E-state index is -0.388. The smallest absolute Gasteiger partial charge is 0.261 e. The molecule has 146 valence electrons. The molecule has 2 aromatic heterocycles. The van der Waals surface area contributed by atoms with Crippen LogP contribution < -0.4 is 10.6 Å². The van der Waals surface area contributed by atoms with Crippen LogP contribution in [0.25, 0.3) is 10.2 Å². The third kappa shape index (κ3) is 4.49. The predicted octanol–water partition coefficient (Wildman–Crippen LogP) is 3.87. The van der Waals surface area contributed by atoms with Crippen molar-refractivity contribution in [2.75, 3.05) is 5.32 Å². The fourth-order valence-corrected chi connectivity index (χ4v) is 3.82. The summed E-state index contributed by atoms with van der Waals surface area (Å²) in [4.78, 5) is 25.9. The fourth-order valence-electron chi connectivity index (χ4n) is 2.90. The number of carbonyl (C=O) groups excluding carboxylic acids is 2. The molecule has 8 heteroatoms. The molecular weight excluding hydrogens is 391 g/mol. The average molecular weight is 408 g/mol. The lowest BCUT2D eigenvalue weighted by Crippen LogP contribution is -2.21. The van der Waals surface area contributed by atoms with Gasteiger partial charge in [-0.25, -0.2) is 4.39 Å². The van der Waals surface area contributed by atoms with E-state index >= 15 is 0 Å². The van der Waals surface area contributed by atoms with Crippen molar-refractivity contribution in [3.63, 3.8) is 0 Å². The molecule has 0 aliphatic rings. The molecule has 0 radical (unpaired) electrons. The first-order chi connectivity index (χ1) is 14.1. The lowest BCUT2D eigenvalue weighted by molar-refractivity contribution is -0.115. The van der Waals surface area contributed by atoms with Gasteiger partial charge in [0.1, 0.15) is 10.6 Å². The van der Waals surface area contributed by atoms with Crippen LogP contribution in [0.5, 0.6) is 0 Å². The van der Waals surface area contributed by atoms with Gasteiger partial charge in [-0.1, -0.05) is 42.5 Å². The zero-order valence-corrected chi connectivity index (χ0v) is 16.1. The van der Waals surface area contributed by atoms with Gasteiger partial charge in [0.05, 0.1) is 16.7 Å². The maximum Gasteiger partial charge on any atom is 0.261 e. The highest BCUT2D eigenvalue weighted by atomic mass is 32.1. The molecule has 0 aliphatic carbocycles. The Morgan fingerprint density at radius 3 is 2.62 bits per heavy atom. The number of carbonyl (C=O) groups is 2. The summed E-state index contributed by atoms with van der Waals surface area (Å²) in [5, 5.41) is 13.2. The van der Waals surface area contributed by atoms with Crippen molar-refractivity contribution in [3.05, 3.63) is 82.5 Å². The first-order valence-electron chi connectivity index (χ1n) is 8.93. The van der Waals surface area contributed by atoms with Crippen molar-refractivity contribution in [1.82, 2.24) is 15.5 Å². The number of nitrogens with zero attached hydrogens (tertiary/aromatic N) is 1. The summed E-state index contributed by atoms with van der Waals surface area (Å²) in [6, 6.07) is 17.2. The molecule has 2 heterocycles. The van der Waals surface area contributed by atoms with Crippen LogP contribution in [0.4, 0.5) is 10.2 Å². The third-order valence-corrected chi connectivity index (χ3v) is 5.33. The van der Waals surface area contributed by atoms with E-state index in [1.165, 1.54) is 23.5 Å². The van der Waals surface area contributed by atoms with E-state index in [0.717, 1.165) is 5.56 Å². The van der Waals surface area contributed by atoms with Crippen molar-refractivity contribution < 1.29 is 14.0 Å². The number of aromatic nitrogens is 2. The first-order valence-corrected chi connectivity index (χ1v) is 9.74. The quantitative estimate of drug-likeness (QED) is 0.453. The zero-order chi connectivity index (χ0) is 20.2. The van der Waals surface area contributed by atoms with Gasteiger partial charge in [-0.2, -0.15) is 5.10 Å². The van der Waals surface area contributed by atoms with Gasteiger partial charge in [0.2, 0.25) is 5.91 Å². The Bertz CT molecular complexity index is 1170. The van der Waals surface area contributed by atoms with Crippen molar-refractivity contribution in [2.45, 2.75) is 13.0 Å². The van der Waals surface area contributed by atoms with Gasteiger partial charge in [-0.15, -0.1) is 11.3 Å². The molecule has 4 aromatic rings. The minimum absolute atomic E-state index is 0.0284. The lowest BCUT2D eigenvalue weighted by Gasteiger charge is -2.03. The van der Waals surface area contributed by atoms with E-state index in [-0.39, 0.29) is 24.1 Å². The maximum atomic E-state index is 13.3. The molecule has 2 amide bonds. The Hall–Kier alpha value is -3.52. The van der Waals surface area contributed by atoms with Gasteiger partial charge in [0.25, 0.3) is 5.91 Å². The number of hydrogen-bond donors (Lipinski definition) is 3. The van der Waals surface area contributed by atoms with Gasteiger partial charge in [-0.05, 0) is 29.3 Å². The summed E-state index contributed by atoms with van der Waals surface area (Å²) in [5.74, 6) is -0.549. The zero-order valence-electron chi connectivity index (χ0n) is 15.2. The van der Waals surface area contributed by atoms with Gasteiger partial charge >= 0.3 is 0 Å². The number of nitrogens with one attached hydrogen (secondary N) is 3. The number of halogens is 1. The summed E-state index contributed by atoms with van der Waals surface area (Å²) in [6.45, 7) is 0.432. The number of hydrogen-bond acceptors (Lipinski definition) is 4. The molecule has 0 saturated heterocycles. The molecule has 0 aliphatic heterocycles. The van der Waals surface area contributed by atoms with Crippen LogP contribution >= 0.6 is 11.3 Å². The van der Waals surface area contributed by atoms with Gasteiger partial charge in [0.15, 0.2) is 5.82 Å². The number of benzene rings is 2. The van der Waals surface area contributed by atoms with E-state index < -0.39 is 0 Å². The van der Waals surface area contributed by atoms with Crippen molar-refractivity contribution in [2.24, 2.45) is 0 Å². The molecule has 0 unspecified atom stereocenters. The van der Waals surface area contributed by atoms with Crippen LogP contribution in [0.1, 0.15) is 20.8 Å². The van der Waals surface area contributed by atoms with Crippen LogP contribution in [0.2, 0.25) is 0 Å². The second-order valence-corrected chi connectivity index (χ2v) is 7.50. The van der Waals surface area contributed by atoms with Crippen molar-refractivity contribution >= 4 is 39.2 Å². The Balaban J connectivity index is 1.43. The second-order valence-electron chi connectivity index (χ2n) is 6.45. The normalized spacial score (nSPS) is 10.8. The number of H-pyrrole nitrogens is 1. The van der Waals surface area contributed by atoms with Gasteiger partial charge in [-0.3, -0.25) is 14.7 Å². The number of rotatable bonds is 6. The standard InChI is InChI=1S/C21H17FN4O2S/c22-15-8-4-7-14(9-15)10-18(27)24-19-16-11-17(29-21(16)26-25-19)20(28)23-12-13-5-2-1-3-6-13/h1-9,11H,10,12H2,(H,23,28)(H2,24,25,26,27). The Morgan fingerprint density at radius 2 is 1.83 bits per heavy atom. The average Bonchev–Trinajstić information content (AvgIpc) is 3.29. The number of anilines is 1. The SMILES string of the molecule is O=C(Cc1cccc(F)c1)Nc1n[nH]c2sc(C(=O)NCc3ccccc3)cc12. The molecular formula is C21H17FN4O2S. The summed E-state index contributed by atoms with van der Waals surface area (Å²) in [7, 11) is 0. The predicted molar refractivity (Wildman–Crippen MR) is 110 cm³/mol. The molecule has 6 nitrogen and oxygen atoms in total. The van der Waals surface area contributed by atoms with Crippen LogP contribution in [-0.2, 0) is 17.8 Å². The molecule has 2 aromatic carbocycles. The fraction of sp³-hybridized carbons (Fsp3) is 0.0952. The van der Waals surface area contributed by atoms with E-state index in [1.807, 2.05) is 30.3 Å². The number of fused-ring (bicyclic) bond motifs is 1. The monoisotopic (exact) mass is 408 g/mol. The van der Waals surface area contributed by atoms with E-state index in [2.05, 4.69) is 20.8 Å². The number of aromatic amines is 1. The molecule has 29 heavy (non-hydrogen) atoms. The minimum Gasteiger partial charge on any atom is -0.347 e. The van der Waals surface area contributed by atoms with Gasteiger partial charge in [0, 0.05) is 6.54 Å². The van der Waals surface area contributed by atoms with Crippen molar-refractivity contribution in [3.8, 4) is 0 Å². The summed E-state index contributed by atoms with van der Waals surface area (Å²) in [5.41, 5.74) is 1.58. The van der Waals surface area contributed by atoms with Crippen LogP contribution in [-0.4, -0.2) is 22.0 Å². The number of amides is 2. The highest BCUT2D eigenvalue weighted by Gasteiger charge is 2.16. The molecule has 3 N–H and O–H groups in total. The summed E-state index contributed by atoms with van der Waals surface area (Å²) in [6.07, 6.45) is 0.0284. The highest BCUT2D eigenvalue weighted by Crippen LogP contribution is 2.29. The lowest BCUT2D eigenvalue weighted by atomic mass is 10.1. The summed E-state index contributed by atoms with van der Waals surface area (Å²) < 4.78 is 13.3. The number of thiophene rings is 1. The van der Waals surface area contributed by atoms with Gasteiger partial charge < -0.3 is 10.6 Å². The van der Waals surface area contributed by atoms with Crippen molar-refractivity contribution in [1.29, 1.82) is 0 Å². The van der Waals surface area contributed by atoms with E-state index in [1.54, 1.807) is 18.2 Å². The van der Waals surface area contributed by atoms with Crippen LogP contribution in [0.3, 0.4) is 0 Å². The molecule has 0 spiro atoms. The molecule has 0 bridgehead atoms. The third-order valence-electron chi connectivity index (χ3n) is 4.29. The van der Waals surface area contributed by atoms with Crippen LogP contribution in [0, 0.1) is 5.82 Å². The maximum absolute atomic E-state index is 13.3. The van der Waals surface area contributed by atoms with E-state index in [9.17, 15) is 14.0 Å². The molecule has 0 saturated carbocycles. The van der Waals surface area contributed by atoms with E-state index in [4.69, 9.17) is 0 Å². The van der Waals surface area contributed by atoms with E-state index in [0.29, 0.717) is 33.0 Å². The molecule has 0 fully saturated rings. The Kier molecular flexibility index (Phi) is 5.35. The van der Waals surface area contributed by atoms with Crippen LogP contribution in [0.15, 0.2) is 60.7 Å². The molecule has 4 rings (SSSR count). The summed E-state index contributed by atoms with van der Waals surface area (Å²) >= 11 is 1.26. The highest BCUT2D eigenvalue weighted by molar-refractivity contribution is 7.20. The second kappa shape index (κ2) is 8.24. The topological polar surface area (TPSA) is 86.9 Å².